The van der Waals surface area contributed by atoms with Gasteiger partial charge in [-0.15, -0.1) is 0 Å². The number of aliphatic hydroxyl groups is 1. The number of aliphatic hydroxyl groups excluding tert-OH is 1. The molecule has 0 aliphatic carbocycles. The number of hydrogen-bond donors (Lipinski definition) is 2. The number of hydrogen-bond acceptors (Lipinski definition) is 5. The number of β-amino-alcohol motifs (C(OH)–C–C–N with tert-alkyl or cyclic N) is 1. The third kappa shape index (κ3) is 2.76. The van der Waals surface area contributed by atoms with Gasteiger partial charge >= 0.3 is 5.97 Å². The van der Waals surface area contributed by atoms with Gasteiger partial charge in [-0.2, -0.15) is 0 Å². The van der Waals surface area contributed by atoms with Crippen molar-refractivity contribution < 1.29 is 14.6 Å². The first-order valence-electron chi connectivity index (χ1n) is 8.03. The Bertz CT molecular complexity index is 573. The number of ether oxygens (including phenoxy) is 1. The summed E-state index contributed by atoms with van der Waals surface area (Å²) in [5.41, 5.74) is 9.25. The standard InChI is InChI=1S/C17H24N2O3/c1-11-13(5-6-14-15(11)10-22-17(14)21)16(20)9-19-7-3-2-4-12(19)8-18/h5-6,12,16,20H,2-4,7-10,18H2,1H3/t12?,16-/m0/s1. The maximum absolute atomic E-state index is 11.6. The molecule has 3 rings (SSSR count). The van der Waals surface area contributed by atoms with Crippen LogP contribution in [0.1, 0.15) is 52.4 Å². The molecule has 0 radical (unpaired) electrons. The van der Waals surface area contributed by atoms with Crippen LogP contribution >= 0.6 is 0 Å². The zero-order chi connectivity index (χ0) is 15.7. The van der Waals surface area contributed by atoms with Crippen LogP contribution in [-0.4, -0.2) is 41.7 Å². The number of carbonyl (C=O) groups is 1. The van der Waals surface area contributed by atoms with Gasteiger partial charge in [-0.05, 0) is 43.5 Å². The van der Waals surface area contributed by atoms with E-state index in [2.05, 4.69) is 4.90 Å². The summed E-state index contributed by atoms with van der Waals surface area (Å²) < 4.78 is 5.08. The molecule has 1 fully saturated rings. The average molecular weight is 304 g/mol. The van der Waals surface area contributed by atoms with Crippen molar-refractivity contribution in [3.05, 3.63) is 34.4 Å². The van der Waals surface area contributed by atoms with Crippen molar-refractivity contribution >= 4 is 5.97 Å². The van der Waals surface area contributed by atoms with E-state index in [9.17, 15) is 9.90 Å². The highest BCUT2D eigenvalue weighted by Gasteiger charge is 2.28. The highest BCUT2D eigenvalue weighted by molar-refractivity contribution is 5.93. The van der Waals surface area contributed by atoms with E-state index in [-0.39, 0.29) is 5.97 Å². The molecule has 1 aromatic carbocycles. The summed E-state index contributed by atoms with van der Waals surface area (Å²) in [6.45, 7) is 4.49. The molecule has 0 aromatic heterocycles. The molecule has 5 heteroatoms. The van der Waals surface area contributed by atoms with Crippen LogP contribution < -0.4 is 5.73 Å². The van der Waals surface area contributed by atoms with Crippen LogP contribution in [0.25, 0.3) is 0 Å². The van der Waals surface area contributed by atoms with Crippen molar-refractivity contribution in [3.8, 4) is 0 Å². The molecule has 5 nitrogen and oxygen atoms in total. The molecule has 0 bridgehead atoms. The number of benzene rings is 1. The van der Waals surface area contributed by atoms with Gasteiger partial charge in [0.1, 0.15) is 6.61 Å². The summed E-state index contributed by atoms with van der Waals surface area (Å²) >= 11 is 0. The molecule has 0 spiro atoms. The maximum atomic E-state index is 11.6. The molecule has 2 atom stereocenters. The van der Waals surface area contributed by atoms with Gasteiger partial charge in [-0.1, -0.05) is 12.5 Å². The minimum absolute atomic E-state index is 0.265. The maximum Gasteiger partial charge on any atom is 0.338 e. The monoisotopic (exact) mass is 304 g/mol. The summed E-state index contributed by atoms with van der Waals surface area (Å²) in [5, 5.41) is 10.7. The molecule has 0 amide bonds. The highest BCUT2D eigenvalue weighted by Crippen LogP contribution is 2.30. The molecular formula is C17H24N2O3. The predicted molar refractivity (Wildman–Crippen MR) is 83.5 cm³/mol. The zero-order valence-electron chi connectivity index (χ0n) is 13.0. The van der Waals surface area contributed by atoms with Gasteiger partial charge in [-0.3, -0.25) is 4.90 Å². The Morgan fingerprint density at radius 3 is 3.05 bits per heavy atom. The van der Waals surface area contributed by atoms with Gasteiger partial charge in [-0.25, -0.2) is 4.79 Å². The molecule has 1 saturated heterocycles. The second-order valence-corrected chi connectivity index (χ2v) is 6.28. The Balaban J connectivity index is 1.78. The Morgan fingerprint density at radius 1 is 1.45 bits per heavy atom. The van der Waals surface area contributed by atoms with Crippen LogP contribution in [0.5, 0.6) is 0 Å². The van der Waals surface area contributed by atoms with Crippen LogP contribution in [-0.2, 0) is 11.3 Å². The minimum Gasteiger partial charge on any atom is -0.457 e. The molecule has 1 unspecified atom stereocenters. The predicted octanol–water partition coefficient (Wildman–Crippen LogP) is 1.51. The van der Waals surface area contributed by atoms with Crippen LogP contribution in [0.3, 0.4) is 0 Å². The highest BCUT2D eigenvalue weighted by atomic mass is 16.5. The molecule has 3 N–H and O–H groups in total. The number of esters is 1. The first-order valence-corrected chi connectivity index (χ1v) is 8.03. The minimum atomic E-state index is -0.562. The summed E-state index contributed by atoms with van der Waals surface area (Å²) in [6, 6.07) is 3.99. The van der Waals surface area contributed by atoms with Crippen molar-refractivity contribution in [2.75, 3.05) is 19.6 Å². The van der Waals surface area contributed by atoms with E-state index in [1.807, 2.05) is 13.0 Å². The quantitative estimate of drug-likeness (QED) is 0.825. The number of carbonyl (C=O) groups excluding carboxylic acids is 1. The van der Waals surface area contributed by atoms with E-state index in [1.165, 1.54) is 6.42 Å². The smallest absolute Gasteiger partial charge is 0.338 e. The van der Waals surface area contributed by atoms with Crippen LogP contribution in [0, 0.1) is 6.92 Å². The van der Waals surface area contributed by atoms with Gasteiger partial charge in [0.2, 0.25) is 0 Å². The van der Waals surface area contributed by atoms with Crippen LogP contribution in [0.15, 0.2) is 12.1 Å². The average Bonchev–Trinajstić information content (AvgIpc) is 2.90. The van der Waals surface area contributed by atoms with E-state index >= 15 is 0 Å². The first kappa shape index (κ1) is 15.5. The fourth-order valence-electron chi connectivity index (χ4n) is 3.62. The summed E-state index contributed by atoms with van der Waals surface area (Å²) in [6.07, 6.45) is 2.92. The third-order valence-corrected chi connectivity index (χ3v) is 5.00. The molecule has 0 saturated carbocycles. The number of cyclic esters (lactones) is 1. The van der Waals surface area contributed by atoms with Crippen molar-refractivity contribution in [1.82, 2.24) is 4.90 Å². The first-order chi connectivity index (χ1) is 10.6. The number of likely N-dealkylation sites (tertiary alicyclic amines) is 1. The van der Waals surface area contributed by atoms with E-state index in [1.54, 1.807) is 6.07 Å². The molecular weight excluding hydrogens is 280 g/mol. The van der Waals surface area contributed by atoms with E-state index in [4.69, 9.17) is 10.5 Å². The zero-order valence-corrected chi connectivity index (χ0v) is 13.0. The number of piperidine rings is 1. The van der Waals surface area contributed by atoms with Gasteiger partial charge in [0.15, 0.2) is 0 Å². The van der Waals surface area contributed by atoms with Gasteiger partial charge in [0.05, 0.1) is 11.7 Å². The second kappa shape index (κ2) is 6.36. The summed E-state index contributed by atoms with van der Waals surface area (Å²) in [7, 11) is 0. The van der Waals surface area contributed by atoms with Gasteiger partial charge in [0, 0.05) is 24.7 Å². The van der Waals surface area contributed by atoms with Crippen LogP contribution in [0.2, 0.25) is 0 Å². The van der Waals surface area contributed by atoms with Crippen molar-refractivity contribution in [3.63, 3.8) is 0 Å². The largest absolute Gasteiger partial charge is 0.457 e. The lowest BCUT2D eigenvalue weighted by Crippen LogP contribution is -2.45. The molecule has 2 aliphatic rings. The van der Waals surface area contributed by atoms with Crippen molar-refractivity contribution in [2.45, 2.75) is 44.9 Å². The van der Waals surface area contributed by atoms with Gasteiger partial charge < -0.3 is 15.6 Å². The lowest BCUT2D eigenvalue weighted by Gasteiger charge is -2.36. The fourth-order valence-corrected chi connectivity index (χ4v) is 3.62. The molecule has 2 heterocycles. The molecule has 120 valence electrons. The topological polar surface area (TPSA) is 75.8 Å². The number of nitrogens with two attached hydrogens (primary N) is 1. The van der Waals surface area contributed by atoms with E-state index in [0.29, 0.717) is 31.3 Å². The number of fused-ring (bicyclic) bond motifs is 1. The third-order valence-electron chi connectivity index (χ3n) is 5.00. The Kier molecular flexibility index (Phi) is 4.47. The fraction of sp³-hybridized carbons (Fsp3) is 0.588. The Hall–Kier alpha value is -1.43. The molecule has 22 heavy (non-hydrogen) atoms. The molecule has 2 aliphatic heterocycles. The second-order valence-electron chi connectivity index (χ2n) is 6.28. The van der Waals surface area contributed by atoms with E-state index < -0.39 is 6.10 Å². The summed E-state index contributed by atoms with van der Waals surface area (Å²) in [4.78, 5) is 13.9. The Labute approximate surface area is 131 Å². The lowest BCUT2D eigenvalue weighted by molar-refractivity contribution is 0.0535. The molecule has 1 aromatic rings. The Morgan fingerprint density at radius 2 is 2.27 bits per heavy atom. The van der Waals surface area contributed by atoms with Gasteiger partial charge in [0.25, 0.3) is 0 Å². The van der Waals surface area contributed by atoms with Crippen molar-refractivity contribution in [2.24, 2.45) is 5.73 Å². The number of rotatable bonds is 4. The van der Waals surface area contributed by atoms with E-state index in [0.717, 1.165) is 36.1 Å². The summed E-state index contributed by atoms with van der Waals surface area (Å²) in [5.74, 6) is -0.265. The number of nitrogens with zero attached hydrogens (tertiary/aromatic N) is 1. The normalized spacial score (nSPS) is 23.2. The van der Waals surface area contributed by atoms with Crippen LogP contribution in [0.4, 0.5) is 0 Å². The SMILES string of the molecule is Cc1c([C@@H](O)CN2CCCCC2CN)ccc2c1COC2=O. The van der Waals surface area contributed by atoms with Crippen molar-refractivity contribution in [1.29, 1.82) is 0 Å². The lowest BCUT2D eigenvalue weighted by atomic mass is 9.94.